The molecule has 1 heterocycles. The van der Waals surface area contributed by atoms with Crippen LogP contribution in [0.15, 0.2) is 59.2 Å². The predicted molar refractivity (Wildman–Crippen MR) is 98.2 cm³/mol. The van der Waals surface area contributed by atoms with Crippen LogP contribution in [0.3, 0.4) is 0 Å². The van der Waals surface area contributed by atoms with Crippen molar-refractivity contribution in [1.82, 2.24) is 0 Å². The van der Waals surface area contributed by atoms with Crippen molar-refractivity contribution in [2.24, 2.45) is 17.6 Å². The number of ether oxygens (including phenoxy) is 1. The lowest BCUT2D eigenvalue weighted by molar-refractivity contribution is -0.123. The minimum absolute atomic E-state index is 0.186. The Balaban J connectivity index is 1.87. The number of hydrogen-bond acceptors (Lipinski definition) is 3. The smallest absolute Gasteiger partial charge is 0.221 e. The summed E-state index contributed by atoms with van der Waals surface area (Å²) in [5.41, 5.74) is 8.39. The number of primary amides is 1. The first-order valence-electron chi connectivity index (χ1n) is 8.50. The number of rotatable bonds is 7. The number of nitrogens with two attached hydrogens (primary N) is 1. The van der Waals surface area contributed by atoms with Crippen LogP contribution in [-0.4, -0.2) is 5.91 Å². The number of carbonyl (C=O) groups excluding carboxylic acids is 1. The number of fused-ring (bicyclic) bond motifs is 1. The minimum Gasteiger partial charge on any atom is -0.485 e. The summed E-state index contributed by atoms with van der Waals surface area (Å²) in [5, 5.41) is 0.965. The number of benzene rings is 2. The molecule has 0 bridgehead atoms. The average Bonchev–Trinajstić information content (AvgIpc) is 3.06. The summed E-state index contributed by atoms with van der Waals surface area (Å²) >= 11 is 0. The van der Waals surface area contributed by atoms with E-state index in [2.05, 4.69) is 0 Å². The molecule has 0 saturated carbocycles. The van der Waals surface area contributed by atoms with E-state index in [1.54, 1.807) is 6.26 Å². The van der Waals surface area contributed by atoms with Gasteiger partial charge in [-0.3, -0.25) is 4.79 Å². The van der Waals surface area contributed by atoms with Crippen molar-refractivity contribution in [1.29, 1.82) is 0 Å². The van der Waals surface area contributed by atoms with E-state index in [1.807, 2.05) is 62.4 Å². The number of carbonyl (C=O) groups is 1. The highest BCUT2D eigenvalue weighted by molar-refractivity contribution is 5.84. The van der Waals surface area contributed by atoms with Crippen LogP contribution in [0.1, 0.15) is 25.0 Å². The molecule has 4 nitrogen and oxygen atoms in total. The third-order valence-electron chi connectivity index (χ3n) is 4.44. The van der Waals surface area contributed by atoms with E-state index < -0.39 is 0 Å². The van der Waals surface area contributed by atoms with Crippen LogP contribution in [0.25, 0.3) is 11.0 Å². The third-order valence-corrected chi connectivity index (χ3v) is 4.44. The average molecular weight is 337 g/mol. The van der Waals surface area contributed by atoms with Crippen molar-refractivity contribution < 1.29 is 13.9 Å². The van der Waals surface area contributed by atoms with Gasteiger partial charge >= 0.3 is 0 Å². The lowest BCUT2D eigenvalue weighted by Crippen LogP contribution is -2.29. The summed E-state index contributed by atoms with van der Waals surface area (Å²) in [6, 6.07) is 15.9. The van der Waals surface area contributed by atoms with Crippen LogP contribution in [-0.2, 0) is 17.8 Å². The molecule has 0 radical (unpaired) electrons. The van der Waals surface area contributed by atoms with Gasteiger partial charge in [0.05, 0.1) is 6.26 Å². The van der Waals surface area contributed by atoms with E-state index in [0.29, 0.717) is 18.8 Å². The maximum absolute atomic E-state index is 11.7. The van der Waals surface area contributed by atoms with Gasteiger partial charge in [0, 0.05) is 11.3 Å². The zero-order valence-corrected chi connectivity index (χ0v) is 14.6. The van der Waals surface area contributed by atoms with Gasteiger partial charge < -0.3 is 14.9 Å². The van der Waals surface area contributed by atoms with E-state index in [-0.39, 0.29) is 17.7 Å². The van der Waals surface area contributed by atoms with Crippen molar-refractivity contribution >= 4 is 16.9 Å². The Labute approximate surface area is 147 Å². The first-order valence-corrected chi connectivity index (χ1v) is 8.50. The Morgan fingerprint density at radius 2 is 1.88 bits per heavy atom. The molecule has 0 spiro atoms. The third kappa shape index (κ3) is 4.02. The van der Waals surface area contributed by atoms with Crippen molar-refractivity contribution in [3.63, 3.8) is 0 Å². The van der Waals surface area contributed by atoms with Gasteiger partial charge in [-0.15, -0.1) is 0 Å². The van der Waals surface area contributed by atoms with Gasteiger partial charge in [-0.25, -0.2) is 0 Å². The topological polar surface area (TPSA) is 65.5 Å². The highest BCUT2D eigenvalue weighted by Gasteiger charge is 2.21. The zero-order chi connectivity index (χ0) is 17.8. The predicted octanol–water partition coefficient (Wildman–Crippen LogP) is 4.31. The van der Waals surface area contributed by atoms with Crippen LogP contribution in [0.4, 0.5) is 0 Å². The van der Waals surface area contributed by atoms with Crippen molar-refractivity contribution in [3.05, 3.63) is 65.9 Å². The lowest BCUT2D eigenvalue weighted by Gasteiger charge is -2.18. The van der Waals surface area contributed by atoms with Gasteiger partial charge in [0.25, 0.3) is 0 Å². The Morgan fingerprint density at radius 3 is 2.56 bits per heavy atom. The number of hydrogen-bond donors (Lipinski definition) is 1. The summed E-state index contributed by atoms with van der Waals surface area (Å²) in [6.07, 6.45) is 2.24. The summed E-state index contributed by atoms with van der Waals surface area (Å²) in [4.78, 5) is 11.7. The number of amides is 1. The Kier molecular flexibility index (Phi) is 5.08. The SMILES string of the molecule is CC(C)C(Cc1cc(OCc2ccccc2)c2occc2c1)C(N)=O. The van der Waals surface area contributed by atoms with Crippen molar-refractivity contribution in [3.8, 4) is 5.75 Å². The summed E-state index contributed by atoms with van der Waals surface area (Å²) in [5.74, 6) is 0.403. The Bertz CT molecular complexity index is 852. The lowest BCUT2D eigenvalue weighted by atomic mass is 9.88. The fraction of sp³-hybridized carbons (Fsp3) is 0.286. The second-order valence-electron chi connectivity index (χ2n) is 6.66. The summed E-state index contributed by atoms with van der Waals surface area (Å²) in [7, 11) is 0. The van der Waals surface area contributed by atoms with E-state index in [4.69, 9.17) is 14.9 Å². The molecular weight excluding hydrogens is 314 g/mol. The normalized spacial score (nSPS) is 12.4. The molecule has 3 aromatic rings. The standard InChI is InChI=1S/C21H23NO3/c1-14(2)18(21(22)23)11-16-10-17-8-9-24-20(17)19(12-16)25-13-15-6-4-3-5-7-15/h3-10,12,14,18H,11,13H2,1-2H3,(H2,22,23). The molecule has 25 heavy (non-hydrogen) atoms. The molecule has 0 fully saturated rings. The second kappa shape index (κ2) is 7.43. The van der Waals surface area contributed by atoms with Crippen LogP contribution >= 0.6 is 0 Å². The molecule has 1 unspecified atom stereocenters. The second-order valence-corrected chi connectivity index (χ2v) is 6.66. The molecule has 1 atom stereocenters. The molecule has 0 aliphatic rings. The minimum atomic E-state index is -0.269. The van der Waals surface area contributed by atoms with Crippen LogP contribution < -0.4 is 10.5 Å². The van der Waals surface area contributed by atoms with E-state index in [1.165, 1.54) is 0 Å². The highest BCUT2D eigenvalue weighted by atomic mass is 16.5. The molecule has 0 aliphatic carbocycles. The van der Waals surface area contributed by atoms with Crippen LogP contribution in [0.5, 0.6) is 5.75 Å². The fourth-order valence-electron chi connectivity index (χ4n) is 2.99. The monoisotopic (exact) mass is 337 g/mol. The summed E-state index contributed by atoms with van der Waals surface area (Å²) < 4.78 is 11.6. The molecular formula is C21H23NO3. The van der Waals surface area contributed by atoms with Gasteiger partial charge in [-0.05, 0) is 41.7 Å². The van der Waals surface area contributed by atoms with Gasteiger partial charge in [0.15, 0.2) is 11.3 Å². The molecule has 2 aromatic carbocycles. The maximum atomic E-state index is 11.7. The molecule has 3 rings (SSSR count). The van der Waals surface area contributed by atoms with E-state index >= 15 is 0 Å². The molecule has 0 aliphatic heterocycles. The molecule has 4 heteroatoms. The van der Waals surface area contributed by atoms with Gasteiger partial charge in [0.1, 0.15) is 6.61 Å². The van der Waals surface area contributed by atoms with Crippen LogP contribution in [0.2, 0.25) is 0 Å². The summed E-state index contributed by atoms with van der Waals surface area (Å²) in [6.45, 7) is 4.49. The molecule has 2 N–H and O–H groups in total. The van der Waals surface area contributed by atoms with Crippen molar-refractivity contribution in [2.45, 2.75) is 26.9 Å². The maximum Gasteiger partial charge on any atom is 0.221 e. The first-order chi connectivity index (χ1) is 12.0. The fourth-order valence-corrected chi connectivity index (χ4v) is 2.99. The number of furan rings is 1. The molecule has 1 amide bonds. The van der Waals surface area contributed by atoms with Crippen molar-refractivity contribution in [2.75, 3.05) is 0 Å². The zero-order valence-electron chi connectivity index (χ0n) is 14.6. The highest BCUT2D eigenvalue weighted by Crippen LogP contribution is 2.31. The quantitative estimate of drug-likeness (QED) is 0.698. The molecule has 1 aromatic heterocycles. The Hall–Kier alpha value is -2.75. The van der Waals surface area contributed by atoms with Gasteiger partial charge in [-0.2, -0.15) is 0 Å². The van der Waals surface area contributed by atoms with E-state index in [9.17, 15) is 4.79 Å². The van der Waals surface area contributed by atoms with Gasteiger partial charge in [-0.1, -0.05) is 44.2 Å². The van der Waals surface area contributed by atoms with Gasteiger partial charge in [0.2, 0.25) is 5.91 Å². The first kappa shape index (κ1) is 17.1. The van der Waals surface area contributed by atoms with E-state index in [0.717, 1.165) is 22.1 Å². The van der Waals surface area contributed by atoms with Crippen LogP contribution in [0, 0.1) is 11.8 Å². The molecule has 0 saturated heterocycles. The Morgan fingerprint density at radius 1 is 1.12 bits per heavy atom. The molecule has 130 valence electrons. The largest absolute Gasteiger partial charge is 0.485 e.